The van der Waals surface area contributed by atoms with Crippen LogP contribution in [-0.4, -0.2) is 27.1 Å². The fourth-order valence-electron chi connectivity index (χ4n) is 4.18. The van der Waals surface area contributed by atoms with Crippen molar-refractivity contribution in [1.29, 1.82) is 0 Å². The largest absolute Gasteiger partial charge is 0.465 e. The Hall–Kier alpha value is -5.03. The molecule has 0 saturated carbocycles. The van der Waals surface area contributed by atoms with Gasteiger partial charge in [-0.05, 0) is 42.8 Å². The van der Waals surface area contributed by atoms with Crippen LogP contribution in [0.3, 0.4) is 0 Å². The Kier molecular flexibility index (Phi) is 7.79. The van der Waals surface area contributed by atoms with Crippen LogP contribution in [0.2, 0.25) is 5.02 Å². The molecule has 0 unspecified atom stereocenters. The molecule has 41 heavy (non-hydrogen) atoms. The van der Waals surface area contributed by atoms with Gasteiger partial charge in [0.2, 0.25) is 5.43 Å². The van der Waals surface area contributed by atoms with E-state index < -0.39 is 23.0 Å². The zero-order valence-electron chi connectivity index (χ0n) is 21.5. The number of aromatic nitrogens is 3. The van der Waals surface area contributed by atoms with Crippen molar-refractivity contribution in [1.82, 2.24) is 14.5 Å². The molecular weight excluding hydrogens is 556 g/mol. The molecule has 0 atom stereocenters. The highest BCUT2D eigenvalue weighted by Gasteiger charge is 2.18. The normalized spacial score (nSPS) is 10.9. The molecule has 5 rings (SSSR count). The van der Waals surface area contributed by atoms with Gasteiger partial charge in [0.25, 0.3) is 0 Å². The lowest BCUT2D eigenvalue weighted by molar-refractivity contribution is -0.143. The van der Waals surface area contributed by atoms with Crippen molar-refractivity contribution in [2.75, 3.05) is 17.7 Å². The van der Waals surface area contributed by atoms with Crippen molar-refractivity contribution in [2.45, 2.75) is 13.5 Å². The van der Waals surface area contributed by atoms with Gasteiger partial charge in [0.15, 0.2) is 17.3 Å². The number of nitrogen functional groups attached to an aromatic ring is 1. The Morgan fingerprint density at radius 3 is 2.54 bits per heavy atom. The number of hydrogen-bond donors (Lipinski definition) is 2. The molecule has 12 heteroatoms. The number of hydrogen-bond acceptors (Lipinski definition) is 8. The maximum atomic E-state index is 15.0. The van der Waals surface area contributed by atoms with Crippen LogP contribution in [0, 0.1) is 11.6 Å². The monoisotopic (exact) mass is 577 g/mol. The first-order valence-corrected chi connectivity index (χ1v) is 12.7. The molecule has 9 nitrogen and oxygen atoms in total. The summed E-state index contributed by atoms with van der Waals surface area (Å²) >= 11 is 6.10. The molecule has 5 aromatic rings. The van der Waals surface area contributed by atoms with Crippen LogP contribution in [0.25, 0.3) is 22.0 Å². The van der Waals surface area contributed by atoms with E-state index in [4.69, 9.17) is 26.8 Å². The van der Waals surface area contributed by atoms with Gasteiger partial charge in [0.05, 0.1) is 17.5 Å². The fourth-order valence-corrected chi connectivity index (χ4v) is 4.33. The van der Waals surface area contributed by atoms with Crippen molar-refractivity contribution in [2.24, 2.45) is 0 Å². The van der Waals surface area contributed by atoms with Gasteiger partial charge in [0.1, 0.15) is 29.0 Å². The first-order valence-electron chi connectivity index (χ1n) is 12.3. The third kappa shape index (κ3) is 5.80. The van der Waals surface area contributed by atoms with Crippen molar-refractivity contribution in [3.8, 4) is 22.6 Å². The van der Waals surface area contributed by atoms with Crippen LogP contribution < -0.4 is 21.2 Å². The van der Waals surface area contributed by atoms with Gasteiger partial charge < -0.3 is 25.1 Å². The minimum absolute atomic E-state index is 0.0403. The van der Waals surface area contributed by atoms with Crippen LogP contribution >= 0.6 is 11.6 Å². The first-order chi connectivity index (χ1) is 19.7. The van der Waals surface area contributed by atoms with Crippen LogP contribution in [0.1, 0.15) is 6.92 Å². The summed E-state index contributed by atoms with van der Waals surface area (Å²) in [5.74, 6) is -1.54. The summed E-state index contributed by atoms with van der Waals surface area (Å²) in [6, 6.07) is 12.5. The lowest BCUT2D eigenvalue weighted by atomic mass is 10.0. The lowest BCUT2D eigenvalue weighted by Gasteiger charge is -2.16. The minimum atomic E-state index is -0.728. The third-order valence-corrected chi connectivity index (χ3v) is 6.43. The molecule has 0 fully saturated rings. The Morgan fingerprint density at radius 1 is 1.05 bits per heavy atom. The standard InChI is InChI=1S/C29H22ClF2N5O4/c1-2-40-24(38)15-37-14-19(16-3-5-17(31)6-4-16)27(39)25-21(37)9-11-35-29(25)36-18-7-8-22(20(32)13-18)41-23-10-12-34-28(33)26(23)30/h3-14H,2,15H2,1H3,(H2,33,34)(H,35,36). The van der Waals surface area contributed by atoms with Gasteiger partial charge in [-0.15, -0.1) is 0 Å². The molecule has 0 radical (unpaired) electrons. The number of carbonyl (C=O) groups is 1. The van der Waals surface area contributed by atoms with Gasteiger partial charge in [0, 0.05) is 42.0 Å². The number of esters is 1. The van der Waals surface area contributed by atoms with Crippen molar-refractivity contribution >= 4 is 45.8 Å². The zero-order chi connectivity index (χ0) is 29.1. The molecule has 2 aromatic carbocycles. The summed E-state index contributed by atoms with van der Waals surface area (Å²) in [5.41, 5.74) is 6.56. The van der Waals surface area contributed by atoms with Crippen LogP contribution in [0.4, 0.5) is 26.1 Å². The average molecular weight is 578 g/mol. The van der Waals surface area contributed by atoms with E-state index in [2.05, 4.69) is 15.3 Å². The summed E-state index contributed by atoms with van der Waals surface area (Å²) in [6.07, 6.45) is 4.35. The van der Waals surface area contributed by atoms with Crippen molar-refractivity contribution in [3.05, 3.63) is 100 Å². The number of anilines is 3. The molecule has 0 aliphatic rings. The second kappa shape index (κ2) is 11.6. The minimum Gasteiger partial charge on any atom is -0.465 e. The summed E-state index contributed by atoms with van der Waals surface area (Å²) in [6.45, 7) is 1.68. The molecule has 0 aliphatic carbocycles. The van der Waals surface area contributed by atoms with Crippen LogP contribution in [-0.2, 0) is 16.1 Å². The predicted molar refractivity (Wildman–Crippen MR) is 151 cm³/mol. The Bertz CT molecular complexity index is 1830. The van der Waals surface area contributed by atoms with E-state index in [0.29, 0.717) is 11.1 Å². The number of ether oxygens (including phenoxy) is 2. The van der Waals surface area contributed by atoms with Crippen molar-refractivity contribution < 1.29 is 23.0 Å². The van der Waals surface area contributed by atoms with E-state index in [0.717, 1.165) is 6.07 Å². The van der Waals surface area contributed by atoms with Gasteiger partial charge in [-0.2, -0.15) is 0 Å². The summed E-state index contributed by atoms with van der Waals surface area (Å²) in [5, 5.41) is 3.17. The second-order valence-electron chi connectivity index (χ2n) is 8.75. The highest BCUT2D eigenvalue weighted by atomic mass is 35.5. The number of nitrogens with two attached hydrogens (primary N) is 1. The number of rotatable bonds is 8. The summed E-state index contributed by atoms with van der Waals surface area (Å²) < 4.78 is 40.9. The van der Waals surface area contributed by atoms with Gasteiger partial charge >= 0.3 is 5.97 Å². The molecular formula is C29H22ClF2N5O4. The molecule has 0 aliphatic heterocycles. The topological polar surface area (TPSA) is 121 Å². The zero-order valence-corrected chi connectivity index (χ0v) is 22.3. The highest BCUT2D eigenvalue weighted by Crippen LogP contribution is 2.34. The second-order valence-corrected chi connectivity index (χ2v) is 9.12. The van der Waals surface area contributed by atoms with E-state index in [1.165, 1.54) is 61.1 Å². The smallest absolute Gasteiger partial charge is 0.325 e. The molecule has 208 valence electrons. The molecule has 0 spiro atoms. The molecule has 0 saturated heterocycles. The molecule has 0 amide bonds. The SMILES string of the molecule is CCOC(=O)Cn1cc(-c2ccc(F)cc2)c(=O)c2c(Nc3ccc(Oc4ccnc(N)c4Cl)c(F)c3)nccc21. The number of fused-ring (bicyclic) bond motifs is 1. The Labute approximate surface area is 237 Å². The quantitative estimate of drug-likeness (QED) is 0.213. The number of nitrogens with one attached hydrogen (secondary N) is 1. The lowest BCUT2D eigenvalue weighted by Crippen LogP contribution is -2.19. The number of carbonyl (C=O) groups excluding carboxylic acids is 1. The highest BCUT2D eigenvalue weighted by molar-refractivity contribution is 6.34. The van der Waals surface area contributed by atoms with E-state index in [1.54, 1.807) is 17.6 Å². The van der Waals surface area contributed by atoms with E-state index in [-0.39, 0.29) is 57.9 Å². The maximum absolute atomic E-state index is 15.0. The van der Waals surface area contributed by atoms with Crippen molar-refractivity contribution in [3.63, 3.8) is 0 Å². The molecule has 3 heterocycles. The fraction of sp³-hybridized carbons (Fsp3) is 0.103. The van der Waals surface area contributed by atoms with Gasteiger partial charge in [-0.3, -0.25) is 9.59 Å². The van der Waals surface area contributed by atoms with Gasteiger partial charge in [-0.25, -0.2) is 18.7 Å². The van der Waals surface area contributed by atoms with Crippen LogP contribution in [0.5, 0.6) is 11.5 Å². The van der Waals surface area contributed by atoms with E-state index in [1.807, 2.05) is 0 Å². The van der Waals surface area contributed by atoms with Gasteiger partial charge in [-0.1, -0.05) is 23.7 Å². The van der Waals surface area contributed by atoms with E-state index >= 15 is 4.39 Å². The average Bonchev–Trinajstić information content (AvgIpc) is 2.95. The Morgan fingerprint density at radius 2 is 1.80 bits per heavy atom. The predicted octanol–water partition coefficient (Wildman–Crippen LogP) is 6.07. The molecule has 3 N–H and O–H groups in total. The number of nitrogens with zero attached hydrogens (tertiary/aromatic N) is 3. The maximum Gasteiger partial charge on any atom is 0.325 e. The Balaban J connectivity index is 1.56. The molecule has 0 bridgehead atoms. The summed E-state index contributed by atoms with van der Waals surface area (Å²) in [4.78, 5) is 34.3. The molecule has 3 aromatic heterocycles. The number of halogens is 3. The first kappa shape index (κ1) is 27.5. The summed E-state index contributed by atoms with van der Waals surface area (Å²) in [7, 11) is 0. The van der Waals surface area contributed by atoms with Crippen LogP contribution in [0.15, 0.2) is 78.0 Å². The van der Waals surface area contributed by atoms with E-state index in [9.17, 15) is 14.0 Å². The number of benzene rings is 2. The third-order valence-electron chi connectivity index (χ3n) is 6.05. The number of pyridine rings is 3.